The Morgan fingerprint density at radius 1 is 1.14 bits per heavy atom. The Bertz CT molecular complexity index is 1300. The van der Waals surface area contributed by atoms with E-state index in [1.165, 1.54) is 10.1 Å². The molecule has 1 aromatic heterocycles. The number of fused-ring (bicyclic) bond motifs is 1. The smallest absolute Gasteiger partial charge is 0.322 e. The maximum Gasteiger partial charge on any atom is 0.322 e. The van der Waals surface area contributed by atoms with Crippen LogP contribution in [-0.2, 0) is 22.6 Å². The zero-order valence-corrected chi connectivity index (χ0v) is 20.2. The number of ether oxygens (including phenoxy) is 1. The van der Waals surface area contributed by atoms with Crippen LogP contribution in [0.4, 0.5) is 4.79 Å². The fourth-order valence-corrected chi connectivity index (χ4v) is 5.29. The van der Waals surface area contributed by atoms with E-state index in [9.17, 15) is 19.5 Å². The third kappa shape index (κ3) is 4.60. The van der Waals surface area contributed by atoms with Gasteiger partial charge in [0.15, 0.2) is 5.88 Å². The number of carbonyl (C=O) groups excluding carboxylic acids is 3. The first-order valence-corrected chi connectivity index (χ1v) is 12.2. The second-order valence-corrected chi connectivity index (χ2v) is 9.71. The Morgan fingerprint density at radius 2 is 1.89 bits per heavy atom. The lowest BCUT2D eigenvalue weighted by Crippen LogP contribution is -2.54. The maximum absolute atomic E-state index is 13.3. The van der Waals surface area contributed by atoms with Crippen LogP contribution in [0.5, 0.6) is 11.6 Å². The van der Waals surface area contributed by atoms with Gasteiger partial charge in [0.1, 0.15) is 11.3 Å². The van der Waals surface area contributed by atoms with Crippen LogP contribution in [0.1, 0.15) is 24.8 Å². The number of hydrogen-bond acceptors (Lipinski definition) is 5. The molecule has 9 nitrogen and oxygen atoms in total. The molecule has 4 amide bonds. The van der Waals surface area contributed by atoms with Gasteiger partial charge in [0.25, 0.3) is 5.91 Å². The summed E-state index contributed by atoms with van der Waals surface area (Å²) in [6.45, 7) is 1.14. The molecule has 2 aromatic carbocycles. The van der Waals surface area contributed by atoms with Gasteiger partial charge in [0, 0.05) is 30.1 Å². The summed E-state index contributed by atoms with van der Waals surface area (Å²) in [4.78, 5) is 40.1. The fourth-order valence-electron chi connectivity index (χ4n) is 5.29. The quantitative estimate of drug-likeness (QED) is 0.441. The third-order valence-electron chi connectivity index (χ3n) is 7.31. The molecule has 3 heterocycles. The minimum absolute atomic E-state index is 0.0635. The van der Waals surface area contributed by atoms with Gasteiger partial charge in [-0.3, -0.25) is 14.9 Å². The van der Waals surface area contributed by atoms with Gasteiger partial charge in [0.2, 0.25) is 5.91 Å². The molecule has 36 heavy (non-hydrogen) atoms. The molecule has 1 atom stereocenters. The molecule has 0 bridgehead atoms. The monoisotopic (exact) mass is 490 g/mol. The number of nitrogens with one attached hydrogen (secondary N) is 2. The summed E-state index contributed by atoms with van der Waals surface area (Å²) in [5.41, 5.74) is -0.200. The fraction of sp³-hybridized carbons (Fsp3) is 0.370. The number of benzene rings is 2. The topological polar surface area (TPSA) is 113 Å². The highest BCUT2D eigenvalue weighted by Gasteiger charge is 2.49. The van der Waals surface area contributed by atoms with Crippen molar-refractivity contribution < 1.29 is 24.2 Å². The van der Waals surface area contributed by atoms with Crippen LogP contribution in [0.25, 0.3) is 10.8 Å². The Balaban J connectivity index is 1.30. The lowest BCUT2D eigenvalue weighted by Gasteiger charge is -2.35. The van der Waals surface area contributed by atoms with E-state index in [1.807, 2.05) is 18.2 Å². The van der Waals surface area contributed by atoms with E-state index in [-0.39, 0.29) is 24.8 Å². The molecule has 0 saturated carbocycles. The van der Waals surface area contributed by atoms with Crippen LogP contribution < -0.4 is 15.4 Å². The number of aromatic hydroxyl groups is 1. The van der Waals surface area contributed by atoms with Gasteiger partial charge >= 0.3 is 6.03 Å². The summed E-state index contributed by atoms with van der Waals surface area (Å²) < 4.78 is 6.73. The number of aromatic nitrogens is 1. The number of imide groups is 1. The first-order chi connectivity index (χ1) is 17.4. The van der Waals surface area contributed by atoms with Gasteiger partial charge in [-0.2, -0.15) is 0 Å². The molecule has 188 valence electrons. The Hall–Kier alpha value is -4.01. The number of piperidine rings is 1. The zero-order valence-electron chi connectivity index (χ0n) is 20.2. The van der Waals surface area contributed by atoms with Crippen molar-refractivity contribution in [2.24, 2.45) is 5.92 Å². The second-order valence-electron chi connectivity index (χ2n) is 9.71. The summed E-state index contributed by atoms with van der Waals surface area (Å²) in [6.07, 6.45) is 4.26. The largest absolute Gasteiger partial charge is 0.497 e. The lowest BCUT2D eigenvalue weighted by atomic mass is 9.89. The van der Waals surface area contributed by atoms with Crippen molar-refractivity contribution in [1.29, 1.82) is 0 Å². The van der Waals surface area contributed by atoms with Crippen LogP contribution in [0.3, 0.4) is 0 Å². The molecule has 0 aliphatic carbocycles. The van der Waals surface area contributed by atoms with E-state index in [1.54, 1.807) is 36.4 Å². The molecule has 2 fully saturated rings. The number of carbonyl (C=O) groups is 3. The number of hydrogen-bond donors (Lipinski definition) is 3. The molecule has 2 aliphatic rings. The molecule has 5 rings (SSSR count). The van der Waals surface area contributed by atoms with E-state index in [0.717, 1.165) is 24.6 Å². The minimum atomic E-state index is -1.49. The van der Waals surface area contributed by atoms with E-state index in [2.05, 4.69) is 22.8 Å². The second kappa shape index (κ2) is 9.56. The van der Waals surface area contributed by atoms with Crippen LogP contribution >= 0.6 is 0 Å². The van der Waals surface area contributed by atoms with E-state index >= 15 is 0 Å². The predicted octanol–water partition coefficient (Wildman–Crippen LogP) is 2.81. The summed E-state index contributed by atoms with van der Waals surface area (Å²) in [5.74, 6) is 0.258. The lowest BCUT2D eigenvalue weighted by molar-refractivity contribution is -0.138. The SMILES string of the molecule is COc1ccc2cn(CC3(CC(=O)N4CCC(Cc5ccccc5)CC4)NC(=O)NC3=O)c(O)c2c1. The highest BCUT2D eigenvalue weighted by atomic mass is 16.5. The molecule has 3 N–H and O–H groups in total. The van der Waals surface area contributed by atoms with Crippen molar-refractivity contribution in [3.63, 3.8) is 0 Å². The van der Waals surface area contributed by atoms with E-state index in [0.29, 0.717) is 30.1 Å². The Labute approximate surface area is 209 Å². The summed E-state index contributed by atoms with van der Waals surface area (Å²) in [5, 5.41) is 17.1. The van der Waals surface area contributed by atoms with Gasteiger partial charge in [-0.25, -0.2) is 4.79 Å². The number of likely N-dealkylation sites (tertiary alicyclic amines) is 1. The number of rotatable bonds is 7. The van der Waals surface area contributed by atoms with E-state index in [4.69, 9.17) is 4.74 Å². The molecule has 9 heteroatoms. The van der Waals surface area contributed by atoms with Crippen molar-refractivity contribution in [1.82, 2.24) is 20.1 Å². The van der Waals surface area contributed by atoms with Crippen molar-refractivity contribution in [2.45, 2.75) is 37.8 Å². The van der Waals surface area contributed by atoms with Crippen LogP contribution in [0.2, 0.25) is 0 Å². The number of nitrogens with zero attached hydrogens (tertiary/aromatic N) is 2. The van der Waals surface area contributed by atoms with Gasteiger partial charge in [-0.1, -0.05) is 30.3 Å². The first-order valence-electron chi connectivity index (χ1n) is 12.2. The van der Waals surface area contributed by atoms with Crippen molar-refractivity contribution >= 4 is 28.6 Å². The molecule has 2 saturated heterocycles. The molecule has 1 unspecified atom stereocenters. The van der Waals surface area contributed by atoms with Crippen LogP contribution in [0, 0.1) is 5.92 Å². The highest BCUT2D eigenvalue weighted by molar-refractivity contribution is 6.08. The highest BCUT2D eigenvalue weighted by Crippen LogP contribution is 2.33. The standard InChI is InChI=1S/C27H30N4O5/c1-36-21-8-7-20-16-31(24(33)22(20)14-21)17-27(25(34)28-26(35)29-27)15-23(32)30-11-9-19(10-12-30)13-18-5-3-2-4-6-18/h2-8,14,16,19,33H,9-13,15,17H2,1H3,(H2,28,29,34,35). The minimum Gasteiger partial charge on any atom is -0.497 e. The van der Waals surface area contributed by atoms with Gasteiger partial charge in [-0.15, -0.1) is 0 Å². The summed E-state index contributed by atoms with van der Waals surface area (Å²) in [6, 6.07) is 15.0. The Kier molecular flexibility index (Phi) is 6.30. The maximum atomic E-state index is 13.3. The predicted molar refractivity (Wildman–Crippen MR) is 134 cm³/mol. The normalized spacial score (nSPS) is 20.4. The summed E-state index contributed by atoms with van der Waals surface area (Å²) >= 11 is 0. The molecule has 3 aromatic rings. The average Bonchev–Trinajstić information content (AvgIpc) is 3.33. The number of urea groups is 1. The molecule has 2 aliphatic heterocycles. The van der Waals surface area contributed by atoms with Crippen molar-refractivity contribution in [2.75, 3.05) is 20.2 Å². The summed E-state index contributed by atoms with van der Waals surface area (Å²) in [7, 11) is 1.54. The molecular formula is C27H30N4O5. The average molecular weight is 491 g/mol. The van der Waals surface area contributed by atoms with Gasteiger partial charge in [-0.05, 0) is 48.9 Å². The van der Waals surface area contributed by atoms with Crippen molar-refractivity contribution in [3.05, 3.63) is 60.3 Å². The van der Waals surface area contributed by atoms with Gasteiger partial charge < -0.3 is 24.6 Å². The molecular weight excluding hydrogens is 460 g/mol. The van der Waals surface area contributed by atoms with Crippen molar-refractivity contribution in [3.8, 4) is 11.6 Å². The number of amides is 4. The number of methoxy groups -OCH3 is 1. The molecule has 0 radical (unpaired) electrons. The zero-order chi connectivity index (χ0) is 25.3. The molecule has 0 spiro atoms. The third-order valence-corrected chi connectivity index (χ3v) is 7.31. The van der Waals surface area contributed by atoms with Crippen LogP contribution in [-0.4, -0.2) is 58.2 Å². The van der Waals surface area contributed by atoms with Gasteiger partial charge in [0.05, 0.1) is 20.1 Å². The first kappa shape index (κ1) is 23.7. The Morgan fingerprint density at radius 3 is 2.56 bits per heavy atom. The van der Waals surface area contributed by atoms with Crippen LogP contribution in [0.15, 0.2) is 54.7 Å². The van der Waals surface area contributed by atoms with E-state index < -0.39 is 17.5 Å².